The van der Waals surface area contributed by atoms with Crippen molar-refractivity contribution >= 4 is 5.69 Å². The molecule has 0 radical (unpaired) electrons. The molecule has 2 unspecified atom stereocenters. The van der Waals surface area contributed by atoms with Gasteiger partial charge in [-0.1, -0.05) is 12.1 Å². The maximum absolute atomic E-state index is 14.8. The maximum atomic E-state index is 14.8. The summed E-state index contributed by atoms with van der Waals surface area (Å²) in [5, 5.41) is 14.2. The second kappa shape index (κ2) is 9.62. The third-order valence-corrected chi connectivity index (χ3v) is 7.26. The molecular formula is C26H29FN6O2. The Hall–Kier alpha value is -3.51. The number of halogens is 1. The summed E-state index contributed by atoms with van der Waals surface area (Å²) in [7, 11) is 2.11. The van der Waals surface area contributed by atoms with Gasteiger partial charge in [0.15, 0.2) is 0 Å². The van der Waals surface area contributed by atoms with E-state index in [-0.39, 0.29) is 11.6 Å². The standard InChI is InChI=1S/C26H29FN6O2/c1-3-16-20(27)12-21(29)19(13-28)23(16)17-7-4-8-18-24(17)32-35-25(18)26-30-10-9-22(31-26)34-14-15-6-5-11-33(15)2/h9-10,12,15,17H,3-8,11,14,29H2,1-2H3. The number of fused-ring (bicyclic) bond motifs is 1. The second-order valence-electron chi connectivity index (χ2n) is 9.31. The Balaban J connectivity index is 1.48. The molecule has 9 heteroatoms. The highest BCUT2D eigenvalue weighted by atomic mass is 19.1. The number of hydrogen-bond acceptors (Lipinski definition) is 8. The Morgan fingerprint density at radius 2 is 2.20 bits per heavy atom. The smallest absolute Gasteiger partial charge is 0.217 e. The summed E-state index contributed by atoms with van der Waals surface area (Å²) in [5.74, 6) is 0.721. The van der Waals surface area contributed by atoms with Gasteiger partial charge in [0.25, 0.3) is 0 Å². The molecule has 2 atom stereocenters. The predicted molar refractivity (Wildman–Crippen MR) is 128 cm³/mol. The van der Waals surface area contributed by atoms with Crippen LogP contribution in [-0.2, 0) is 12.8 Å². The molecule has 1 saturated heterocycles. The highest BCUT2D eigenvalue weighted by molar-refractivity contribution is 5.64. The van der Waals surface area contributed by atoms with Crippen molar-refractivity contribution < 1.29 is 13.7 Å². The van der Waals surface area contributed by atoms with E-state index in [9.17, 15) is 9.65 Å². The van der Waals surface area contributed by atoms with E-state index in [1.54, 1.807) is 12.3 Å². The highest BCUT2D eigenvalue weighted by Crippen LogP contribution is 2.43. The SMILES string of the molecule is CCc1c(F)cc(N)c(C#N)c1C1CCCc2c1noc2-c1nccc(OCC2CCCN2C)n1. The lowest BCUT2D eigenvalue weighted by Crippen LogP contribution is -2.30. The van der Waals surface area contributed by atoms with Crippen molar-refractivity contribution in [1.29, 1.82) is 5.26 Å². The molecule has 1 fully saturated rings. The van der Waals surface area contributed by atoms with Crippen LogP contribution in [0.1, 0.15) is 66.5 Å². The Kier molecular flexibility index (Phi) is 6.39. The fraction of sp³-hybridized carbons (Fsp3) is 0.462. The summed E-state index contributed by atoms with van der Waals surface area (Å²) >= 11 is 0. The van der Waals surface area contributed by atoms with E-state index in [1.807, 2.05) is 6.92 Å². The number of likely N-dealkylation sites (tertiary alicyclic amines) is 1. The van der Waals surface area contributed by atoms with E-state index in [0.29, 0.717) is 58.9 Å². The number of benzene rings is 1. The van der Waals surface area contributed by atoms with Gasteiger partial charge in [-0.15, -0.1) is 0 Å². The van der Waals surface area contributed by atoms with E-state index in [1.165, 1.54) is 12.5 Å². The Bertz CT molecular complexity index is 1280. The number of ether oxygens (including phenoxy) is 1. The first kappa shape index (κ1) is 23.2. The predicted octanol–water partition coefficient (Wildman–Crippen LogP) is 4.23. The van der Waals surface area contributed by atoms with E-state index in [4.69, 9.17) is 15.0 Å². The third kappa shape index (κ3) is 4.23. The first-order valence-corrected chi connectivity index (χ1v) is 12.2. The zero-order chi connectivity index (χ0) is 24.5. The zero-order valence-corrected chi connectivity index (χ0v) is 20.1. The first-order chi connectivity index (χ1) is 17.0. The number of rotatable bonds is 6. The number of likely N-dealkylation sites (N-methyl/N-ethyl adjacent to an activating group) is 1. The average Bonchev–Trinajstić information content (AvgIpc) is 3.48. The Morgan fingerprint density at radius 1 is 1.34 bits per heavy atom. The molecule has 1 aliphatic heterocycles. The number of nitriles is 1. The van der Waals surface area contributed by atoms with Crippen molar-refractivity contribution in [3.8, 4) is 23.5 Å². The fourth-order valence-electron chi connectivity index (χ4n) is 5.42. The normalized spacial score (nSPS) is 19.9. The van der Waals surface area contributed by atoms with E-state index in [2.05, 4.69) is 33.1 Å². The molecule has 35 heavy (non-hydrogen) atoms. The van der Waals surface area contributed by atoms with Gasteiger partial charge in [-0.05, 0) is 69.3 Å². The van der Waals surface area contributed by atoms with Crippen LogP contribution in [0.5, 0.6) is 5.88 Å². The number of anilines is 1. The van der Waals surface area contributed by atoms with Gasteiger partial charge in [0, 0.05) is 29.8 Å². The first-order valence-electron chi connectivity index (χ1n) is 12.2. The second-order valence-corrected chi connectivity index (χ2v) is 9.31. The van der Waals surface area contributed by atoms with Gasteiger partial charge in [0.1, 0.15) is 18.5 Å². The molecule has 5 rings (SSSR count). The monoisotopic (exact) mass is 476 g/mol. The molecule has 2 aromatic heterocycles. The van der Waals surface area contributed by atoms with Gasteiger partial charge in [0.05, 0.1) is 16.9 Å². The van der Waals surface area contributed by atoms with Crippen molar-refractivity contribution in [2.75, 3.05) is 25.9 Å². The minimum Gasteiger partial charge on any atom is -0.476 e. The zero-order valence-electron chi connectivity index (χ0n) is 20.1. The van der Waals surface area contributed by atoms with Crippen molar-refractivity contribution in [2.45, 2.75) is 57.4 Å². The molecule has 0 amide bonds. The third-order valence-electron chi connectivity index (χ3n) is 7.26. The van der Waals surface area contributed by atoms with Crippen LogP contribution in [0.3, 0.4) is 0 Å². The maximum Gasteiger partial charge on any atom is 0.217 e. The molecule has 1 aliphatic carbocycles. The summed E-state index contributed by atoms with van der Waals surface area (Å²) in [6, 6.07) is 5.55. The summed E-state index contributed by atoms with van der Waals surface area (Å²) in [5.41, 5.74) is 9.21. The molecule has 0 saturated carbocycles. The average molecular weight is 477 g/mol. The Labute approximate surface area is 203 Å². The van der Waals surface area contributed by atoms with Crippen LogP contribution in [0.4, 0.5) is 10.1 Å². The lowest BCUT2D eigenvalue weighted by Gasteiger charge is -2.25. The van der Waals surface area contributed by atoms with Crippen molar-refractivity contribution in [3.63, 3.8) is 0 Å². The van der Waals surface area contributed by atoms with Gasteiger partial charge >= 0.3 is 0 Å². The van der Waals surface area contributed by atoms with Crippen LogP contribution >= 0.6 is 0 Å². The topological polar surface area (TPSA) is 114 Å². The van der Waals surface area contributed by atoms with Crippen molar-refractivity contribution in [1.82, 2.24) is 20.0 Å². The van der Waals surface area contributed by atoms with Gasteiger partial charge in [-0.3, -0.25) is 0 Å². The Morgan fingerprint density at radius 3 is 2.94 bits per heavy atom. The van der Waals surface area contributed by atoms with E-state index in [0.717, 1.165) is 37.8 Å². The van der Waals surface area contributed by atoms with Gasteiger partial charge in [-0.2, -0.15) is 10.2 Å². The number of hydrogen-bond donors (Lipinski definition) is 1. The molecule has 0 bridgehead atoms. The number of aromatic nitrogens is 3. The lowest BCUT2D eigenvalue weighted by atomic mass is 9.78. The largest absolute Gasteiger partial charge is 0.476 e. The van der Waals surface area contributed by atoms with Crippen LogP contribution in [0.25, 0.3) is 11.6 Å². The minimum atomic E-state index is -0.393. The summed E-state index contributed by atoms with van der Waals surface area (Å²) in [4.78, 5) is 11.3. The number of nitrogen functional groups attached to an aromatic ring is 1. The van der Waals surface area contributed by atoms with Crippen LogP contribution in [0, 0.1) is 17.1 Å². The molecule has 2 N–H and O–H groups in total. The van der Waals surface area contributed by atoms with Crippen molar-refractivity contribution in [2.24, 2.45) is 0 Å². The van der Waals surface area contributed by atoms with Crippen LogP contribution in [0.15, 0.2) is 22.9 Å². The van der Waals surface area contributed by atoms with Crippen LogP contribution < -0.4 is 10.5 Å². The highest BCUT2D eigenvalue weighted by Gasteiger charge is 2.34. The molecule has 0 spiro atoms. The molecule has 8 nitrogen and oxygen atoms in total. The molecular weight excluding hydrogens is 447 g/mol. The summed E-state index contributed by atoms with van der Waals surface area (Å²) in [6.45, 7) is 3.53. The molecule has 1 aromatic carbocycles. The summed E-state index contributed by atoms with van der Waals surface area (Å²) < 4.78 is 26.6. The number of nitrogens with zero attached hydrogens (tertiary/aromatic N) is 5. The number of nitrogens with two attached hydrogens (primary N) is 1. The molecule has 182 valence electrons. The fourth-order valence-corrected chi connectivity index (χ4v) is 5.42. The minimum absolute atomic E-state index is 0.147. The summed E-state index contributed by atoms with van der Waals surface area (Å²) in [6.07, 6.45) is 6.69. The van der Waals surface area contributed by atoms with Gasteiger partial charge in [0.2, 0.25) is 17.5 Å². The van der Waals surface area contributed by atoms with Crippen LogP contribution in [-0.4, -0.2) is 46.3 Å². The van der Waals surface area contributed by atoms with E-state index < -0.39 is 5.82 Å². The molecule has 2 aliphatic rings. The quantitative estimate of drug-likeness (QED) is 0.526. The van der Waals surface area contributed by atoms with Gasteiger partial charge < -0.3 is 19.9 Å². The van der Waals surface area contributed by atoms with Crippen LogP contribution in [0.2, 0.25) is 0 Å². The van der Waals surface area contributed by atoms with Crippen molar-refractivity contribution in [3.05, 3.63) is 52.1 Å². The molecule has 3 heterocycles. The lowest BCUT2D eigenvalue weighted by molar-refractivity contribution is 0.193. The molecule has 3 aromatic rings. The van der Waals surface area contributed by atoms with Gasteiger partial charge in [-0.25, -0.2) is 9.37 Å². The van der Waals surface area contributed by atoms with E-state index >= 15 is 0 Å².